The van der Waals surface area contributed by atoms with Crippen molar-refractivity contribution in [2.75, 3.05) is 19.7 Å². The summed E-state index contributed by atoms with van der Waals surface area (Å²) in [5, 5.41) is 9.56. The molecule has 1 N–H and O–H groups in total. The van der Waals surface area contributed by atoms with E-state index in [1.54, 1.807) is 0 Å². The van der Waals surface area contributed by atoms with Crippen LogP contribution in [-0.2, 0) is 17.6 Å². The maximum absolute atomic E-state index is 11.6. The van der Waals surface area contributed by atoms with Crippen LogP contribution in [0.4, 0.5) is 0 Å². The van der Waals surface area contributed by atoms with E-state index < -0.39 is 12.0 Å². The van der Waals surface area contributed by atoms with Gasteiger partial charge in [0.1, 0.15) is 17.6 Å². The molecule has 0 unspecified atom stereocenters. The Balaban J connectivity index is 1.55. The van der Waals surface area contributed by atoms with E-state index in [9.17, 15) is 9.90 Å². The minimum atomic E-state index is -0.790. The molecule has 0 aliphatic heterocycles. The van der Waals surface area contributed by atoms with Crippen LogP contribution < -0.4 is 4.74 Å². The third-order valence-corrected chi connectivity index (χ3v) is 5.41. The van der Waals surface area contributed by atoms with Crippen LogP contribution in [0, 0.1) is 6.92 Å². The lowest BCUT2D eigenvalue weighted by molar-refractivity contribution is -0.143. The number of oxazole rings is 1. The molecule has 6 heteroatoms. The zero-order valence-corrected chi connectivity index (χ0v) is 18.4. The molecule has 164 valence electrons. The number of carbonyl (C=O) groups is 1. The fourth-order valence-corrected chi connectivity index (χ4v) is 3.61. The fourth-order valence-electron chi connectivity index (χ4n) is 3.61. The highest BCUT2D eigenvalue weighted by Gasteiger charge is 2.23. The predicted molar refractivity (Wildman–Crippen MR) is 120 cm³/mol. The van der Waals surface area contributed by atoms with Gasteiger partial charge in [0.2, 0.25) is 5.89 Å². The van der Waals surface area contributed by atoms with Crippen molar-refractivity contribution >= 4 is 5.97 Å². The molecule has 0 bridgehead atoms. The largest absolute Gasteiger partial charge is 0.493 e. The summed E-state index contributed by atoms with van der Waals surface area (Å²) < 4.78 is 11.7. The summed E-state index contributed by atoms with van der Waals surface area (Å²) in [6.07, 6.45) is 1.12. The van der Waals surface area contributed by atoms with E-state index in [0.717, 1.165) is 28.3 Å². The Labute approximate surface area is 183 Å². The van der Waals surface area contributed by atoms with Crippen LogP contribution in [0.2, 0.25) is 0 Å². The Morgan fingerprint density at radius 1 is 1.10 bits per heavy atom. The fraction of sp³-hybridized carbons (Fsp3) is 0.360. The number of carboxylic acids is 1. The Hall–Kier alpha value is -3.12. The standard InChI is InChI=1S/C25H30N2O4/c1-4-27(5-2)23(25(28)29)17-19-11-13-21(14-12-19)30-16-15-22-18(3)31-24(26-22)20-9-7-6-8-10-20/h6-14,23H,4-5,15-17H2,1-3H3,(H,28,29)/t23-/m0/s1. The summed E-state index contributed by atoms with van der Waals surface area (Å²) in [7, 11) is 0. The number of benzene rings is 2. The normalized spacial score (nSPS) is 12.1. The van der Waals surface area contributed by atoms with Gasteiger partial charge in [0.15, 0.2) is 0 Å². The Kier molecular flexibility index (Phi) is 7.84. The van der Waals surface area contributed by atoms with Gasteiger partial charge in [-0.2, -0.15) is 0 Å². The highest BCUT2D eigenvalue weighted by Crippen LogP contribution is 2.22. The zero-order valence-electron chi connectivity index (χ0n) is 18.4. The number of nitrogens with zero attached hydrogens (tertiary/aromatic N) is 2. The number of carboxylic acid groups (broad SMARTS) is 1. The van der Waals surface area contributed by atoms with Crippen LogP contribution in [0.15, 0.2) is 59.0 Å². The van der Waals surface area contributed by atoms with Gasteiger partial charge < -0.3 is 14.3 Å². The van der Waals surface area contributed by atoms with Gasteiger partial charge in [0.05, 0.1) is 12.3 Å². The van der Waals surface area contributed by atoms with Crippen molar-refractivity contribution in [3.8, 4) is 17.2 Å². The maximum Gasteiger partial charge on any atom is 0.321 e. The average Bonchev–Trinajstić information content (AvgIpc) is 3.16. The summed E-state index contributed by atoms with van der Waals surface area (Å²) in [6, 6.07) is 17.0. The van der Waals surface area contributed by atoms with E-state index in [0.29, 0.717) is 38.4 Å². The second-order valence-corrected chi connectivity index (χ2v) is 7.41. The monoisotopic (exact) mass is 422 g/mol. The van der Waals surface area contributed by atoms with Crippen molar-refractivity contribution in [3.05, 3.63) is 71.6 Å². The summed E-state index contributed by atoms with van der Waals surface area (Å²) in [5.41, 5.74) is 2.82. The summed E-state index contributed by atoms with van der Waals surface area (Å²) in [6.45, 7) is 7.78. The molecule has 1 heterocycles. The van der Waals surface area contributed by atoms with Crippen molar-refractivity contribution < 1.29 is 19.1 Å². The van der Waals surface area contributed by atoms with Crippen molar-refractivity contribution in [1.82, 2.24) is 9.88 Å². The number of aryl methyl sites for hydroxylation is 1. The summed E-state index contributed by atoms with van der Waals surface area (Å²) in [5.74, 6) is 1.39. The SMILES string of the molecule is CCN(CC)[C@@H](Cc1ccc(OCCc2nc(-c3ccccc3)oc2C)cc1)C(=O)O. The van der Waals surface area contributed by atoms with Gasteiger partial charge in [0, 0.05) is 12.0 Å². The molecule has 0 amide bonds. The smallest absolute Gasteiger partial charge is 0.321 e. The molecule has 0 aliphatic carbocycles. The third-order valence-electron chi connectivity index (χ3n) is 5.41. The van der Waals surface area contributed by atoms with Crippen LogP contribution in [0.1, 0.15) is 30.9 Å². The Morgan fingerprint density at radius 3 is 2.39 bits per heavy atom. The predicted octanol–water partition coefficient (Wildman–Crippen LogP) is 4.61. The van der Waals surface area contributed by atoms with Gasteiger partial charge in [-0.15, -0.1) is 0 Å². The molecule has 0 aliphatic rings. The number of hydrogen-bond donors (Lipinski definition) is 1. The number of rotatable bonds is 11. The number of ether oxygens (including phenoxy) is 1. The van der Waals surface area contributed by atoms with E-state index in [4.69, 9.17) is 9.15 Å². The van der Waals surface area contributed by atoms with E-state index in [-0.39, 0.29) is 0 Å². The minimum Gasteiger partial charge on any atom is -0.493 e. The van der Waals surface area contributed by atoms with E-state index >= 15 is 0 Å². The van der Waals surface area contributed by atoms with E-state index in [1.165, 1.54) is 0 Å². The molecular formula is C25H30N2O4. The lowest BCUT2D eigenvalue weighted by atomic mass is 10.0. The van der Waals surface area contributed by atoms with Crippen molar-refractivity contribution in [2.45, 2.75) is 39.7 Å². The van der Waals surface area contributed by atoms with Gasteiger partial charge in [-0.3, -0.25) is 9.69 Å². The zero-order chi connectivity index (χ0) is 22.2. The lowest BCUT2D eigenvalue weighted by Gasteiger charge is -2.26. The van der Waals surface area contributed by atoms with Crippen LogP contribution in [0.5, 0.6) is 5.75 Å². The molecule has 1 atom stereocenters. The van der Waals surface area contributed by atoms with Gasteiger partial charge >= 0.3 is 5.97 Å². The molecular weight excluding hydrogens is 392 g/mol. The van der Waals surface area contributed by atoms with Crippen molar-refractivity contribution in [1.29, 1.82) is 0 Å². The number of likely N-dealkylation sites (N-methyl/N-ethyl adjacent to an activating group) is 1. The number of aromatic nitrogens is 1. The van der Waals surface area contributed by atoms with Crippen molar-refractivity contribution in [2.24, 2.45) is 0 Å². The number of hydrogen-bond acceptors (Lipinski definition) is 5. The summed E-state index contributed by atoms with van der Waals surface area (Å²) in [4.78, 5) is 18.2. The second kappa shape index (κ2) is 10.8. The molecule has 3 aromatic rings. The Bertz CT molecular complexity index is 963. The first-order valence-electron chi connectivity index (χ1n) is 10.7. The lowest BCUT2D eigenvalue weighted by Crippen LogP contribution is -2.42. The van der Waals surface area contributed by atoms with Crippen LogP contribution in [0.25, 0.3) is 11.5 Å². The maximum atomic E-state index is 11.6. The first-order chi connectivity index (χ1) is 15.0. The first kappa shape index (κ1) is 22.6. The molecule has 3 rings (SSSR count). The second-order valence-electron chi connectivity index (χ2n) is 7.41. The van der Waals surface area contributed by atoms with Crippen LogP contribution in [0.3, 0.4) is 0 Å². The van der Waals surface area contributed by atoms with Crippen LogP contribution in [-0.4, -0.2) is 46.7 Å². The molecule has 0 fully saturated rings. The van der Waals surface area contributed by atoms with Crippen LogP contribution >= 0.6 is 0 Å². The molecule has 1 aromatic heterocycles. The molecule has 0 saturated heterocycles. The van der Waals surface area contributed by atoms with Gasteiger partial charge in [-0.05, 0) is 56.3 Å². The van der Waals surface area contributed by atoms with Crippen molar-refractivity contribution in [3.63, 3.8) is 0 Å². The van der Waals surface area contributed by atoms with Gasteiger partial charge in [-0.25, -0.2) is 4.98 Å². The average molecular weight is 423 g/mol. The molecule has 0 spiro atoms. The Morgan fingerprint density at radius 2 is 1.77 bits per heavy atom. The minimum absolute atomic E-state index is 0.470. The van der Waals surface area contributed by atoms with E-state index in [1.807, 2.05) is 80.3 Å². The quantitative estimate of drug-likeness (QED) is 0.486. The first-order valence-corrected chi connectivity index (χ1v) is 10.7. The molecule has 31 heavy (non-hydrogen) atoms. The topological polar surface area (TPSA) is 75.8 Å². The highest BCUT2D eigenvalue weighted by atomic mass is 16.5. The highest BCUT2D eigenvalue weighted by molar-refractivity contribution is 5.74. The summed E-state index contributed by atoms with van der Waals surface area (Å²) >= 11 is 0. The number of aliphatic carboxylic acids is 1. The third kappa shape index (κ3) is 5.95. The van der Waals surface area contributed by atoms with E-state index in [2.05, 4.69) is 4.98 Å². The van der Waals surface area contributed by atoms with Gasteiger partial charge in [-0.1, -0.05) is 44.2 Å². The molecule has 2 aromatic carbocycles. The molecule has 0 radical (unpaired) electrons. The molecule has 0 saturated carbocycles. The molecule has 6 nitrogen and oxygen atoms in total. The van der Waals surface area contributed by atoms with Gasteiger partial charge in [0.25, 0.3) is 0 Å².